The summed E-state index contributed by atoms with van der Waals surface area (Å²) in [6, 6.07) is 0. The van der Waals surface area contributed by atoms with Crippen LogP contribution in [0.25, 0.3) is 0 Å². The van der Waals surface area contributed by atoms with Crippen molar-refractivity contribution in [3.63, 3.8) is 0 Å². The number of nitrogens with one attached hydrogen (secondary N) is 1. The Balaban J connectivity index is 4.06. The van der Waals surface area contributed by atoms with Crippen molar-refractivity contribution in [1.29, 1.82) is 0 Å². The Morgan fingerprint density at radius 2 is 1.71 bits per heavy atom. The molecule has 102 valence electrons. The van der Waals surface area contributed by atoms with Gasteiger partial charge in [-0.25, -0.2) is 0 Å². The molecule has 0 aliphatic rings. The van der Waals surface area contributed by atoms with Gasteiger partial charge in [0.1, 0.15) is 0 Å². The predicted octanol–water partition coefficient (Wildman–Crippen LogP) is 3.13. The molecule has 3 heteroatoms. The Labute approximate surface area is 106 Å². The van der Waals surface area contributed by atoms with Crippen molar-refractivity contribution in [3.8, 4) is 0 Å². The van der Waals surface area contributed by atoms with Gasteiger partial charge in [0.15, 0.2) is 0 Å². The second-order valence-corrected chi connectivity index (χ2v) is 5.85. The summed E-state index contributed by atoms with van der Waals surface area (Å²) in [5.41, 5.74) is -0.426. The molecule has 0 fully saturated rings. The molecule has 0 aliphatic heterocycles. The molecule has 0 bridgehead atoms. The third-order valence-corrected chi connectivity index (χ3v) is 3.02. The molecule has 0 aromatic heterocycles. The van der Waals surface area contributed by atoms with Crippen molar-refractivity contribution in [3.05, 3.63) is 0 Å². The third kappa shape index (κ3) is 6.67. The molecule has 0 saturated heterocycles. The van der Waals surface area contributed by atoms with Crippen LogP contribution in [-0.2, 0) is 9.53 Å². The van der Waals surface area contributed by atoms with E-state index in [9.17, 15) is 4.79 Å². The summed E-state index contributed by atoms with van der Waals surface area (Å²) in [4.78, 5) is 11.8. The van der Waals surface area contributed by atoms with Crippen LogP contribution in [0.3, 0.4) is 0 Å². The Morgan fingerprint density at radius 1 is 1.12 bits per heavy atom. The van der Waals surface area contributed by atoms with Crippen molar-refractivity contribution < 1.29 is 9.53 Å². The second-order valence-electron chi connectivity index (χ2n) is 5.85. The molecule has 0 heterocycles. The lowest BCUT2D eigenvalue weighted by atomic mass is 9.88. The zero-order valence-corrected chi connectivity index (χ0v) is 12.4. The fraction of sp³-hybridized carbons (Fsp3) is 0.929. The van der Waals surface area contributed by atoms with E-state index in [1.54, 1.807) is 0 Å². The van der Waals surface area contributed by atoms with Gasteiger partial charge in [-0.3, -0.25) is 4.79 Å². The van der Waals surface area contributed by atoms with Crippen LogP contribution in [0, 0.1) is 5.41 Å². The Kier molecular flexibility index (Phi) is 6.76. The number of hydrogen-bond acceptors (Lipinski definition) is 2. The van der Waals surface area contributed by atoms with Crippen molar-refractivity contribution in [2.75, 3.05) is 13.2 Å². The van der Waals surface area contributed by atoms with Gasteiger partial charge in [-0.2, -0.15) is 0 Å². The van der Waals surface area contributed by atoms with Crippen LogP contribution >= 0.6 is 0 Å². The lowest BCUT2D eigenvalue weighted by Crippen LogP contribution is -2.38. The monoisotopic (exact) mass is 243 g/mol. The molecule has 0 radical (unpaired) electrons. The maximum absolute atomic E-state index is 11.8. The van der Waals surface area contributed by atoms with Gasteiger partial charge in [-0.1, -0.05) is 27.2 Å². The maximum Gasteiger partial charge on any atom is 0.225 e. The fourth-order valence-electron chi connectivity index (χ4n) is 1.77. The standard InChI is InChI=1S/C14H29NO2/c1-7-9-14(5,6)17-11-10-13(3,4)12(16)15-8-2/h7-11H2,1-6H3,(H,15,16). The van der Waals surface area contributed by atoms with Gasteiger partial charge in [0.2, 0.25) is 5.91 Å². The average molecular weight is 243 g/mol. The summed E-state index contributed by atoms with van der Waals surface area (Å²) >= 11 is 0. The minimum absolute atomic E-state index is 0.0773. The molecule has 0 rings (SSSR count). The number of ether oxygens (including phenoxy) is 1. The first-order valence-corrected chi connectivity index (χ1v) is 6.67. The normalized spacial score (nSPS) is 12.6. The molecule has 0 aliphatic carbocycles. The minimum Gasteiger partial charge on any atom is -0.376 e. The molecule has 0 saturated carbocycles. The van der Waals surface area contributed by atoms with E-state index in [-0.39, 0.29) is 16.9 Å². The Morgan fingerprint density at radius 3 is 2.18 bits per heavy atom. The summed E-state index contributed by atoms with van der Waals surface area (Å²) in [6.07, 6.45) is 2.92. The van der Waals surface area contributed by atoms with Crippen LogP contribution in [0.4, 0.5) is 0 Å². The quantitative estimate of drug-likeness (QED) is 0.711. The molecule has 0 atom stereocenters. The number of amides is 1. The molecular weight excluding hydrogens is 214 g/mol. The summed E-state index contributed by atoms with van der Waals surface area (Å²) in [5.74, 6) is 0.108. The highest BCUT2D eigenvalue weighted by atomic mass is 16.5. The summed E-state index contributed by atoms with van der Waals surface area (Å²) in [6.45, 7) is 13.6. The Hall–Kier alpha value is -0.570. The lowest BCUT2D eigenvalue weighted by molar-refractivity contribution is -0.131. The van der Waals surface area contributed by atoms with Gasteiger partial charge >= 0.3 is 0 Å². The van der Waals surface area contributed by atoms with Crippen molar-refractivity contribution >= 4 is 5.91 Å². The number of carbonyl (C=O) groups excluding carboxylic acids is 1. The average Bonchev–Trinajstić information content (AvgIpc) is 2.17. The van der Waals surface area contributed by atoms with Crippen LogP contribution in [0.15, 0.2) is 0 Å². The predicted molar refractivity (Wildman–Crippen MR) is 72.0 cm³/mol. The van der Waals surface area contributed by atoms with Gasteiger partial charge < -0.3 is 10.1 Å². The van der Waals surface area contributed by atoms with Crippen molar-refractivity contribution in [2.24, 2.45) is 5.41 Å². The first-order valence-electron chi connectivity index (χ1n) is 6.67. The first kappa shape index (κ1) is 16.4. The maximum atomic E-state index is 11.8. The second kappa shape index (κ2) is 7.00. The van der Waals surface area contributed by atoms with Gasteiger partial charge in [0.25, 0.3) is 0 Å². The SMILES string of the molecule is CCCC(C)(C)OCCC(C)(C)C(=O)NCC. The first-order chi connectivity index (χ1) is 7.75. The number of hydrogen-bond donors (Lipinski definition) is 1. The zero-order valence-electron chi connectivity index (χ0n) is 12.4. The molecular formula is C14H29NO2. The van der Waals surface area contributed by atoms with E-state index < -0.39 is 0 Å². The molecule has 17 heavy (non-hydrogen) atoms. The van der Waals surface area contributed by atoms with E-state index >= 15 is 0 Å². The lowest BCUT2D eigenvalue weighted by Gasteiger charge is -2.28. The molecule has 1 N–H and O–H groups in total. The highest BCUT2D eigenvalue weighted by Crippen LogP contribution is 2.23. The van der Waals surface area contributed by atoms with Crippen LogP contribution in [0.1, 0.15) is 60.8 Å². The summed E-state index contributed by atoms with van der Waals surface area (Å²) in [5, 5.41) is 2.86. The van der Waals surface area contributed by atoms with E-state index in [4.69, 9.17) is 4.74 Å². The van der Waals surface area contributed by atoms with E-state index in [0.717, 1.165) is 19.3 Å². The van der Waals surface area contributed by atoms with E-state index in [0.29, 0.717) is 13.2 Å². The largest absolute Gasteiger partial charge is 0.376 e. The fourth-order valence-corrected chi connectivity index (χ4v) is 1.77. The highest BCUT2D eigenvalue weighted by molar-refractivity contribution is 5.81. The summed E-state index contributed by atoms with van der Waals surface area (Å²) < 4.78 is 5.85. The van der Waals surface area contributed by atoms with Crippen LogP contribution in [0.5, 0.6) is 0 Å². The van der Waals surface area contributed by atoms with Crippen LogP contribution < -0.4 is 5.32 Å². The zero-order chi connectivity index (χ0) is 13.5. The topological polar surface area (TPSA) is 38.3 Å². The molecule has 3 nitrogen and oxygen atoms in total. The van der Waals surface area contributed by atoms with Gasteiger partial charge in [-0.05, 0) is 33.6 Å². The molecule has 0 aromatic carbocycles. The minimum atomic E-state index is -0.349. The smallest absolute Gasteiger partial charge is 0.225 e. The van der Waals surface area contributed by atoms with Crippen molar-refractivity contribution in [2.45, 2.75) is 66.4 Å². The van der Waals surface area contributed by atoms with E-state index in [1.165, 1.54) is 0 Å². The molecule has 1 amide bonds. The van der Waals surface area contributed by atoms with Gasteiger partial charge in [0, 0.05) is 18.6 Å². The van der Waals surface area contributed by atoms with Crippen LogP contribution in [0.2, 0.25) is 0 Å². The number of rotatable bonds is 8. The van der Waals surface area contributed by atoms with Crippen LogP contribution in [-0.4, -0.2) is 24.7 Å². The third-order valence-electron chi connectivity index (χ3n) is 3.02. The summed E-state index contributed by atoms with van der Waals surface area (Å²) in [7, 11) is 0. The van der Waals surface area contributed by atoms with E-state index in [1.807, 2.05) is 20.8 Å². The molecule has 0 spiro atoms. The van der Waals surface area contributed by atoms with Crippen molar-refractivity contribution in [1.82, 2.24) is 5.32 Å². The molecule has 0 aromatic rings. The highest BCUT2D eigenvalue weighted by Gasteiger charge is 2.28. The number of carbonyl (C=O) groups is 1. The van der Waals surface area contributed by atoms with Gasteiger partial charge in [0.05, 0.1) is 5.60 Å². The molecule has 0 unspecified atom stereocenters. The van der Waals surface area contributed by atoms with E-state index in [2.05, 4.69) is 26.1 Å². The Bertz CT molecular complexity index is 234. The van der Waals surface area contributed by atoms with Gasteiger partial charge in [-0.15, -0.1) is 0 Å².